The molecule has 0 saturated heterocycles. The Morgan fingerprint density at radius 2 is 2.20 bits per heavy atom. The minimum atomic E-state index is -1.08. The van der Waals surface area contributed by atoms with Crippen LogP contribution in [0.2, 0.25) is 5.02 Å². The van der Waals surface area contributed by atoms with Crippen LogP contribution in [0.4, 0.5) is 5.69 Å². The quantitative estimate of drug-likeness (QED) is 0.859. The van der Waals surface area contributed by atoms with Crippen molar-refractivity contribution < 1.29 is 19.4 Å². The molecule has 1 atom stereocenters. The van der Waals surface area contributed by atoms with Crippen molar-refractivity contribution in [2.75, 3.05) is 11.6 Å². The molecule has 0 saturated carbocycles. The Kier molecular flexibility index (Phi) is 4.24. The molecule has 0 aliphatic carbocycles. The molecule has 0 unspecified atom stereocenters. The molecule has 0 radical (unpaired) electrons. The fourth-order valence-electron chi connectivity index (χ4n) is 1.90. The van der Waals surface area contributed by atoms with Gasteiger partial charge in [-0.15, -0.1) is 0 Å². The number of aliphatic carboxylic acids is 1. The summed E-state index contributed by atoms with van der Waals surface area (Å²) in [6.07, 6.45) is -0.0145. The Bertz CT molecular complexity index is 573. The van der Waals surface area contributed by atoms with Crippen LogP contribution < -0.4 is 5.01 Å². The van der Waals surface area contributed by atoms with Crippen LogP contribution in [0.25, 0.3) is 0 Å². The number of halogens is 1. The van der Waals surface area contributed by atoms with Crippen molar-refractivity contribution in [1.82, 2.24) is 0 Å². The Balaban J connectivity index is 2.35. The van der Waals surface area contributed by atoms with Crippen molar-refractivity contribution in [3.05, 3.63) is 29.3 Å². The number of rotatable bonds is 4. The Hall–Kier alpha value is -2.08. The number of hydrogen-bond donors (Lipinski definition) is 1. The minimum Gasteiger partial charge on any atom is -0.480 e. The summed E-state index contributed by atoms with van der Waals surface area (Å²) in [6, 6.07) is 5.77. The van der Waals surface area contributed by atoms with E-state index in [2.05, 4.69) is 5.10 Å². The number of hydrazone groups is 1. The van der Waals surface area contributed by atoms with E-state index in [1.807, 2.05) is 0 Å². The molecule has 20 heavy (non-hydrogen) atoms. The molecule has 6 nitrogen and oxygen atoms in total. The lowest BCUT2D eigenvalue weighted by molar-refractivity contribution is -0.138. The summed E-state index contributed by atoms with van der Waals surface area (Å²) in [7, 11) is 0. The van der Waals surface area contributed by atoms with Gasteiger partial charge in [0.15, 0.2) is 6.04 Å². The number of carbonyl (C=O) groups is 2. The van der Waals surface area contributed by atoms with Crippen LogP contribution in [0.3, 0.4) is 0 Å². The van der Waals surface area contributed by atoms with E-state index in [1.165, 1.54) is 5.01 Å². The first-order chi connectivity index (χ1) is 9.54. The van der Waals surface area contributed by atoms with Gasteiger partial charge in [-0.25, -0.2) is 14.6 Å². The van der Waals surface area contributed by atoms with Gasteiger partial charge in [0, 0.05) is 6.42 Å². The molecular formula is C13H13ClN2O4. The zero-order valence-electron chi connectivity index (χ0n) is 10.7. The molecule has 106 valence electrons. The maximum absolute atomic E-state index is 11.7. The second-order valence-electron chi connectivity index (χ2n) is 4.12. The van der Waals surface area contributed by atoms with Gasteiger partial charge >= 0.3 is 11.9 Å². The number of anilines is 1. The average Bonchev–Trinajstić information content (AvgIpc) is 2.84. The molecule has 0 spiro atoms. The normalized spacial score (nSPS) is 17.8. The van der Waals surface area contributed by atoms with E-state index in [1.54, 1.807) is 31.2 Å². The molecule has 1 aliphatic rings. The maximum Gasteiger partial charge on any atom is 0.354 e. The highest BCUT2D eigenvalue weighted by Crippen LogP contribution is 2.31. The molecular weight excluding hydrogens is 284 g/mol. The fraction of sp³-hybridized carbons (Fsp3) is 0.308. The molecule has 1 N–H and O–H groups in total. The van der Waals surface area contributed by atoms with Crippen LogP contribution in [0, 0.1) is 0 Å². The molecule has 0 aromatic heterocycles. The van der Waals surface area contributed by atoms with E-state index < -0.39 is 18.0 Å². The van der Waals surface area contributed by atoms with Gasteiger partial charge in [-0.3, -0.25) is 0 Å². The first-order valence-corrected chi connectivity index (χ1v) is 6.43. The minimum absolute atomic E-state index is 0.0145. The van der Waals surface area contributed by atoms with E-state index in [0.717, 1.165) is 0 Å². The number of benzene rings is 1. The molecule has 0 bridgehead atoms. The number of esters is 1. The Morgan fingerprint density at radius 3 is 2.80 bits per heavy atom. The number of carboxylic acid groups (broad SMARTS) is 1. The first kappa shape index (κ1) is 14.3. The Morgan fingerprint density at radius 1 is 1.50 bits per heavy atom. The lowest BCUT2D eigenvalue weighted by Gasteiger charge is -2.20. The molecule has 2 rings (SSSR count). The second-order valence-corrected chi connectivity index (χ2v) is 4.53. The van der Waals surface area contributed by atoms with Gasteiger partial charge in [-0.2, -0.15) is 5.10 Å². The van der Waals surface area contributed by atoms with Crippen LogP contribution in [0.5, 0.6) is 0 Å². The van der Waals surface area contributed by atoms with Crippen LogP contribution >= 0.6 is 11.6 Å². The van der Waals surface area contributed by atoms with Crippen LogP contribution in [-0.4, -0.2) is 35.4 Å². The van der Waals surface area contributed by atoms with Crippen LogP contribution in [0.15, 0.2) is 29.4 Å². The van der Waals surface area contributed by atoms with Crippen LogP contribution in [-0.2, 0) is 14.3 Å². The zero-order valence-corrected chi connectivity index (χ0v) is 11.5. The maximum atomic E-state index is 11.7. The molecule has 1 aromatic carbocycles. The first-order valence-electron chi connectivity index (χ1n) is 6.05. The summed E-state index contributed by atoms with van der Waals surface area (Å²) < 4.78 is 4.85. The summed E-state index contributed by atoms with van der Waals surface area (Å²) in [4.78, 5) is 23.0. The lowest BCUT2D eigenvalue weighted by Crippen LogP contribution is -2.34. The molecule has 0 amide bonds. The zero-order chi connectivity index (χ0) is 14.7. The van der Waals surface area contributed by atoms with Crippen LogP contribution in [0.1, 0.15) is 13.3 Å². The summed E-state index contributed by atoms with van der Waals surface area (Å²) in [5, 5.41) is 14.9. The highest BCUT2D eigenvalue weighted by molar-refractivity contribution is 6.38. The predicted octanol–water partition coefficient (Wildman–Crippen LogP) is 1.92. The smallest absolute Gasteiger partial charge is 0.354 e. The summed E-state index contributed by atoms with van der Waals surface area (Å²) in [5.74, 6) is -1.68. The number of carboxylic acids is 1. The van der Waals surface area contributed by atoms with E-state index in [9.17, 15) is 14.7 Å². The SMILES string of the molecule is CCOC(=O)C1=NN(c2ccccc2Cl)[C@@H](C(=O)O)C1. The predicted molar refractivity (Wildman–Crippen MR) is 74.0 cm³/mol. The van der Waals surface area contributed by atoms with Gasteiger partial charge in [0.1, 0.15) is 5.71 Å². The van der Waals surface area contributed by atoms with Crippen molar-refractivity contribution in [2.45, 2.75) is 19.4 Å². The van der Waals surface area contributed by atoms with Gasteiger partial charge < -0.3 is 9.84 Å². The van der Waals surface area contributed by atoms with Crippen molar-refractivity contribution in [3.8, 4) is 0 Å². The van der Waals surface area contributed by atoms with Crippen molar-refractivity contribution >= 4 is 34.9 Å². The van der Waals surface area contributed by atoms with E-state index in [4.69, 9.17) is 16.3 Å². The summed E-state index contributed by atoms with van der Waals surface area (Å²) >= 11 is 6.04. The molecule has 1 aliphatic heterocycles. The van der Waals surface area contributed by atoms with Crippen molar-refractivity contribution in [2.24, 2.45) is 5.10 Å². The molecule has 0 fully saturated rings. The average molecular weight is 297 g/mol. The van der Waals surface area contributed by atoms with Gasteiger partial charge in [0.05, 0.1) is 17.3 Å². The second kappa shape index (κ2) is 5.92. The molecule has 1 aromatic rings. The highest BCUT2D eigenvalue weighted by atomic mass is 35.5. The largest absolute Gasteiger partial charge is 0.480 e. The number of hydrogen-bond acceptors (Lipinski definition) is 5. The summed E-state index contributed by atoms with van der Waals surface area (Å²) in [5.41, 5.74) is 0.528. The van der Waals surface area contributed by atoms with Crippen molar-refractivity contribution in [1.29, 1.82) is 0 Å². The molecule has 7 heteroatoms. The standard InChI is InChI=1S/C13H13ClN2O4/c1-2-20-13(19)9-7-11(12(17)18)16(15-9)10-6-4-3-5-8(10)14/h3-6,11H,2,7H2,1H3,(H,17,18)/t11-/m1/s1. The number of carbonyl (C=O) groups excluding carboxylic acids is 1. The van der Waals surface area contributed by atoms with E-state index in [-0.39, 0.29) is 18.7 Å². The third-order valence-corrected chi connectivity index (χ3v) is 3.13. The van der Waals surface area contributed by atoms with E-state index >= 15 is 0 Å². The third-order valence-electron chi connectivity index (χ3n) is 2.81. The number of ether oxygens (including phenoxy) is 1. The monoisotopic (exact) mass is 296 g/mol. The lowest BCUT2D eigenvalue weighted by atomic mass is 10.1. The third kappa shape index (κ3) is 2.75. The summed E-state index contributed by atoms with van der Waals surface area (Å²) in [6.45, 7) is 1.88. The van der Waals surface area contributed by atoms with Gasteiger partial charge in [-0.05, 0) is 19.1 Å². The topological polar surface area (TPSA) is 79.2 Å². The van der Waals surface area contributed by atoms with Gasteiger partial charge in [0.2, 0.25) is 0 Å². The van der Waals surface area contributed by atoms with Crippen molar-refractivity contribution in [3.63, 3.8) is 0 Å². The molecule has 1 heterocycles. The number of nitrogens with zero attached hydrogens (tertiary/aromatic N) is 2. The number of para-hydroxylation sites is 1. The highest BCUT2D eigenvalue weighted by Gasteiger charge is 2.37. The van der Waals surface area contributed by atoms with Gasteiger partial charge in [0.25, 0.3) is 0 Å². The van der Waals surface area contributed by atoms with E-state index in [0.29, 0.717) is 10.7 Å². The fourth-order valence-corrected chi connectivity index (χ4v) is 2.12. The Labute approximate surface area is 120 Å². The van der Waals surface area contributed by atoms with Gasteiger partial charge in [-0.1, -0.05) is 23.7 Å².